The molecule has 0 saturated carbocycles. The Kier molecular flexibility index (Phi) is 64.4. The molecule has 0 radical (unpaired) electrons. The van der Waals surface area contributed by atoms with Crippen LogP contribution in [0.1, 0.15) is 181 Å². The van der Waals surface area contributed by atoms with Crippen molar-refractivity contribution >= 4 is 7.82 Å². The van der Waals surface area contributed by atoms with Crippen molar-refractivity contribution in [2.45, 2.75) is 181 Å². The molecule has 0 saturated heterocycles. The van der Waals surface area contributed by atoms with Crippen molar-refractivity contribution in [1.29, 1.82) is 0 Å². The van der Waals surface area contributed by atoms with Gasteiger partial charge in [0.15, 0.2) is 0 Å². The molecule has 0 unspecified atom stereocenters. The van der Waals surface area contributed by atoms with Gasteiger partial charge in [0, 0.05) is 13.2 Å². The van der Waals surface area contributed by atoms with Gasteiger partial charge in [-0.2, -0.15) is 0 Å². The normalized spacial score (nSPS) is 11.8. The molecule has 16 heteroatoms. The van der Waals surface area contributed by atoms with Gasteiger partial charge in [-0.25, -0.2) is 0 Å². The van der Waals surface area contributed by atoms with E-state index >= 15 is 0 Å². The Balaban J connectivity index is 0. The van der Waals surface area contributed by atoms with Gasteiger partial charge in [0.25, 0.3) is 7.82 Å². The molecular weight excluding hydrogens is 878 g/mol. The fraction of sp³-hybridized carbons (Fsp3) is 1.00. The third-order valence-corrected chi connectivity index (χ3v) is 11.7. The zero-order valence-corrected chi connectivity index (χ0v) is 46.0. The summed E-state index contributed by atoms with van der Waals surface area (Å²) in [5.41, 5.74) is 0. The van der Waals surface area contributed by atoms with Crippen molar-refractivity contribution in [3.05, 3.63) is 0 Å². The molecule has 0 bridgehead atoms. The molecule has 0 atom stereocenters. The maximum atomic E-state index is 11.9. The minimum absolute atomic E-state index is 0. The molecular formula is C50H102NaO14P. The van der Waals surface area contributed by atoms with Crippen LogP contribution < -0.4 is 34.5 Å². The second-order valence-electron chi connectivity index (χ2n) is 16.7. The summed E-state index contributed by atoms with van der Waals surface area (Å²) in [5, 5.41) is 0. The summed E-state index contributed by atoms with van der Waals surface area (Å²) in [6, 6.07) is 0. The van der Waals surface area contributed by atoms with Crippen LogP contribution in [0.2, 0.25) is 0 Å². The van der Waals surface area contributed by atoms with Gasteiger partial charge < -0.3 is 61.3 Å². The summed E-state index contributed by atoms with van der Waals surface area (Å²) in [5.74, 6) is 0. The number of rotatable bonds is 60. The topological polar surface area (TPSA) is 151 Å². The van der Waals surface area contributed by atoms with Gasteiger partial charge in [0.05, 0.1) is 132 Å². The van der Waals surface area contributed by atoms with E-state index in [0.29, 0.717) is 106 Å². The van der Waals surface area contributed by atoms with Gasteiger partial charge in [0.1, 0.15) is 0 Å². The Hall–Kier alpha value is 0.710. The van der Waals surface area contributed by atoms with Crippen LogP contribution in [-0.2, 0) is 61.0 Å². The minimum atomic E-state index is -4.44. The van der Waals surface area contributed by atoms with Gasteiger partial charge >= 0.3 is 29.6 Å². The SMILES string of the molecule is CCCCCCCCCCCCCCCOCCOCCOCCOCCOCCOP(=O)([O-])OCCOCCOCCOCCOCCOCCCCCCCCCCCCCCC.[Na+]. The van der Waals surface area contributed by atoms with Crippen LogP contribution in [-0.4, -0.2) is 145 Å². The second kappa shape index (κ2) is 61.8. The summed E-state index contributed by atoms with van der Waals surface area (Å²) in [6.07, 6.45) is 35.2. The smallest absolute Gasteiger partial charge is 0.756 e. The molecule has 0 aromatic heterocycles. The molecule has 0 spiro atoms. The van der Waals surface area contributed by atoms with E-state index in [2.05, 4.69) is 13.8 Å². The van der Waals surface area contributed by atoms with Crippen molar-refractivity contribution in [1.82, 2.24) is 0 Å². The average Bonchev–Trinajstić information content (AvgIpc) is 3.30. The molecule has 0 rings (SSSR count). The van der Waals surface area contributed by atoms with E-state index in [4.69, 9.17) is 56.4 Å². The van der Waals surface area contributed by atoms with Crippen molar-refractivity contribution in [3.8, 4) is 0 Å². The molecule has 0 N–H and O–H groups in total. The predicted octanol–water partition coefficient (Wildman–Crippen LogP) is 7.84. The Bertz CT molecular complexity index is 850. The second-order valence-corrected chi connectivity index (χ2v) is 18.1. The van der Waals surface area contributed by atoms with Crippen molar-refractivity contribution in [3.63, 3.8) is 0 Å². The fourth-order valence-corrected chi connectivity index (χ4v) is 7.53. The van der Waals surface area contributed by atoms with E-state index in [1.165, 1.54) is 154 Å². The standard InChI is InChI=1S/C50H103O14P.Na/c1-3-5-7-9-11-13-15-17-19-21-23-25-27-29-53-31-33-55-35-37-57-39-41-59-43-45-61-47-49-63-65(51,52)64-50-48-62-46-44-60-42-40-58-38-36-56-34-32-54-30-28-26-24-22-20-18-16-14-12-10-8-6-4-2;/h3-50H2,1-2H3,(H,51,52);/q;+1/p-1. The largest absolute Gasteiger partial charge is 1.00 e. The fourth-order valence-electron chi connectivity index (χ4n) is 6.86. The van der Waals surface area contributed by atoms with Crippen LogP contribution >= 0.6 is 7.82 Å². The number of hydrogen-bond acceptors (Lipinski definition) is 14. The van der Waals surface area contributed by atoms with Gasteiger partial charge in [-0.15, -0.1) is 0 Å². The van der Waals surface area contributed by atoms with E-state index in [0.717, 1.165) is 26.1 Å². The number of unbranched alkanes of at least 4 members (excludes halogenated alkanes) is 24. The predicted molar refractivity (Wildman–Crippen MR) is 259 cm³/mol. The van der Waals surface area contributed by atoms with Gasteiger partial charge in [-0.1, -0.05) is 168 Å². The van der Waals surface area contributed by atoms with Crippen LogP contribution in [0.3, 0.4) is 0 Å². The van der Waals surface area contributed by atoms with Crippen LogP contribution in [0.5, 0.6) is 0 Å². The zero-order valence-electron chi connectivity index (χ0n) is 43.1. The number of phosphoric ester groups is 1. The molecule has 0 aliphatic rings. The summed E-state index contributed by atoms with van der Waals surface area (Å²) in [7, 11) is -4.44. The van der Waals surface area contributed by atoms with Crippen molar-refractivity contribution < 1.29 is 95.4 Å². The molecule has 392 valence electrons. The molecule has 0 heterocycles. The molecule has 14 nitrogen and oxygen atoms in total. The van der Waals surface area contributed by atoms with Crippen LogP contribution in [0.4, 0.5) is 0 Å². The van der Waals surface area contributed by atoms with Crippen molar-refractivity contribution in [2.24, 2.45) is 0 Å². The molecule has 0 aromatic rings. The van der Waals surface area contributed by atoms with Gasteiger partial charge in [-0.05, 0) is 12.8 Å². The van der Waals surface area contributed by atoms with Crippen LogP contribution in [0.15, 0.2) is 0 Å². The minimum Gasteiger partial charge on any atom is -0.756 e. The molecule has 0 fully saturated rings. The van der Waals surface area contributed by atoms with Gasteiger partial charge in [0.2, 0.25) is 0 Å². The van der Waals surface area contributed by atoms with E-state index < -0.39 is 7.82 Å². The van der Waals surface area contributed by atoms with E-state index in [-0.39, 0.29) is 56.0 Å². The first-order valence-corrected chi connectivity index (χ1v) is 28.0. The Morgan fingerprint density at radius 2 is 0.394 bits per heavy atom. The summed E-state index contributed by atoms with van der Waals surface area (Å²) < 4.78 is 76.6. The first-order chi connectivity index (χ1) is 32.1. The number of hydrogen-bond donors (Lipinski definition) is 0. The Morgan fingerprint density at radius 3 is 0.591 bits per heavy atom. The first-order valence-electron chi connectivity index (χ1n) is 26.5. The average molecular weight is 981 g/mol. The maximum absolute atomic E-state index is 11.9. The first kappa shape index (κ1) is 68.8. The van der Waals surface area contributed by atoms with E-state index in [9.17, 15) is 9.46 Å². The third-order valence-electron chi connectivity index (χ3n) is 10.7. The summed E-state index contributed by atoms with van der Waals surface area (Å²) in [6.45, 7) is 13.6. The Labute approximate surface area is 427 Å². The summed E-state index contributed by atoms with van der Waals surface area (Å²) in [4.78, 5) is 11.9. The van der Waals surface area contributed by atoms with Crippen LogP contribution in [0.25, 0.3) is 0 Å². The zero-order chi connectivity index (χ0) is 46.9. The van der Waals surface area contributed by atoms with E-state index in [1.807, 2.05) is 0 Å². The number of phosphoric acid groups is 1. The quantitative estimate of drug-likeness (QED) is 0.0331. The van der Waals surface area contributed by atoms with Crippen molar-refractivity contribution in [2.75, 3.05) is 145 Å². The molecule has 0 amide bonds. The molecule has 0 aliphatic carbocycles. The molecule has 0 aromatic carbocycles. The van der Waals surface area contributed by atoms with Crippen LogP contribution in [0, 0.1) is 0 Å². The number of ether oxygens (including phenoxy) is 10. The molecule has 0 aliphatic heterocycles. The monoisotopic (exact) mass is 981 g/mol. The maximum Gasteiger partial charge on any atom is 1.00 e. The van der Waals surface area contributed by atoms with Gasteiger partial charge in [-0.3, -0.25) is 4.57 Å². The molecule has 66 heavy (non-hydrogen) atoms. The Morgan fingerprint density at radius 1 is 0.242 bits per heavy atom. The third kappa shape index (κ3) is 62.7. The summed E-state index contributed by atoms with van der Waals surface area (Å²) >= 11 is 0. The van der Waals surface area contributed by atoms with E-state index in [1.54, 1.807) is 0 Å².